The highest BCUT2D eigenvalue weighted by molar-refractivity contribution is 5.92. The van der Waals surface area contributed by atoms with E-state index in [0.717, 1.165) is 18.4 Å². The maximum absolute atomic E-state index is 11.8. The number of esters is 1. The molecule has 1 fully saturated rings. The first-order valence-electron chi connectivity index (χ1n) is 6.14. The van der Waals surface area contributed by atoms with Crippen LogP contribution in [0, 0.1) is 6.92 Å². The van der Waals surface area contributed by atoms with Gasteiger partial charge in [0.25, 0.3) is 5.91 Å². The molecule has 1 aromatic rings. The first-order valence-corrected chi connectivity index (χ1v) is 6.14. The van der Waals surface area contributed by atoms with Crippen LogP contribution in [0.25, 0.3) is 0 Å². The number of benzene rings is 1. The number of ether oxygens (including phenoxy) is 1. The highest BCUT2D eigenvalue weighted by atomic mass is 16.5. The van der Waals surface area contributed by atoms with Crippen LogP contribution in [0.2, 0.25) is 0 Å². The van der Waals surface area contributed by atoms with E-state index in [1.54, 1.807) is 19.1 Å². The van der Waals surface area contributed by atoms with Crippen molar-refractivity contribution in [2.75, 3.05) is 0 Å². The summed E-state index contributed by atoms with van der Waals surface area (Å²) in [5.41, 5.74) is 1.54. The second-order valence-electron chi connectivity index (χ2n) is 4.70. The van der Waals surface area contributed by atoms with E-state index >= 15 is 0 Å². The topological polar surface area (TPSA) is 55.4 Å². The zero-order valence-electron chi connectivity index (χ0n) is 10.6. The molecular weight excluding hydrogens is 230 g/mol. The molecule has 1 aromatic carbocycles. The minimum atomic E-state index is -0.751. The lowest BCUT2D eigenvalue weighted by Gasteiger charge is -2.13. The summed E-state index contributed by atoms with van der Waals surface area (Å²) >= 11 is 0. The summed E-state index contributed by atoms with van der Waals surface area (Å²) in [7, 11) is 0. The van der Waals surface area contributed by atoms with Crippen molar-refractivity contribution in [2.45, 2.75) is 38.8 Å². The molecule has 0 aliphatic heterocycles. The summed E-state index contributed by atoms with van der Waals surface area (Å²) < 4.78 is 5.12. The number of hydrogen-bond donors (Lipinski definition) is 1. The van der Waals surface area contributed by atoms with Gasteiger partial charge in [-0.2, -0.15) is 0 Å². The molecule has 1 amide bonds. The largest absolute Gasteiger partial charge is 0.449 e. The molecule has 0 spiro atoms. The first-order chi connectivity index (χ1) is 8.56. The molecule has 0 radical (unpaired) electrons. The number of aryl methyl sites for hydroxylation is 1. The molecule has 96 valence electrons. The fraction of sp³-hybridized carbons (Fsp3) is 0.429. The van der Waals surface area contributed by atoms with Gasteiger partial charge in [0.05, 0.1) is 5.56 Å². The minimum Gasteiger partial charge on any atom is -0.449 e. The van der Waals surface area contributed by atoms with Crippen molar-refractivity contribution in [3.05, 3.63) is 35.4 Å². The average Bonchev–Trinajstić information content (AvgIpc) is 3.13. The quantitative estimate of drug-likeness (QED) is 0.826. The summed E-state index contributed by atoms with van der Waals surface area (Å²) in [5, 5.41) is 2.80. The summed E-state index contributed by atoms with van der Waals surface area (Å²) in [6.45, 7) is 3.53. The number of rotatable bonds is 4. The monoisotopic (exact) mass is 247 g/mol. The molecule has 4 heteroatoms. The Morgan fingerprint density at radius 2 is 1.89 bits per heavy atom. The number of nitrogens with one attached hydrogen (secondary N) is 1. The highest BCUT2D eigenvalue weighted by Gasteiger charge is 2.27. The lowest BCUT2D eigenvalue weighted by atomic mass is 10.1. The third-order valence-corrected chi connectivity index (χ3v) is 2.86. The van der Waals surface area contributed by atoms with E-state index in [9.17, 15) is 9.59 Å². The van der Waals surface area contributed by atoms with Gasteiger partial charge in [0.1, 0.15) is 0 Å². The molecule has 0 unspecified atom stereocenters. The Bertz CT molecular complexity index is 449. The van der Waals surface area contributed by atoms with Crippen LogP contribution in [-0.4, -0.2) is 24.0 Å². The zero-order chi connectivity index (χ0) is 13.1. The van der Waals surface area contributed by atoms with E-state index < -0.39 is 12.1 Å². The Morgan fingerprint density at radius 1 is 1.28 bits per heavy atom. The summed E-state index contributed by atoms with van der Waals surface area (Å²) in [6.07, 6.45) is 1.29. The van der Waals surface area contributed by atoms with Gasteiger partial charge in [0.2, 0.25) is 0 Å². The molecule has 0 aromatic heterocycles. The van der Waals surface area contributed by atoms with Crippen molar-refractivity contribution < 1.29 is 14.3 Å². The second kappa shape index (κ2) is 5.21. The number of carbonyl (C=O) groups excluding carboxylic acids is 2. The van der Waals surface area contributed by atoms with E-state index in [-0.39, 0.29) is 11.9 Å². The molecule has 1 atom stereocenters. The van der Waals surface area contributed by atoms with Crippen LogP contribution >= 0.6 is 0 Å². The molecule has 0 heterocycles. The fourth-order valence-corrected chi connectivity index (χ4v) is 1.52. The predicted octanol–water partition coefficient (Wildman–Crippen LogP) is 1.82. The smallest absolute Gasteiger partial charge is 0.338 e. The lowest BCUT2D eigenvalue weighted by molar-refractivity contribution is -0.129. The van der Waals surface area contributed by atoms with E-state index in [4.69, 9.17) is 4.74 Å². The molecule has 1 aliphatic carbocycles. The average molecular weight is 247 g/mol. The van der Waals surface area contributed by atoms with Crippen LogP contribution in [0.15, 0.2) is 24.3 Å². The van der Waals surface area contributed by atoms with Crippen molar-refractivity contribution in [3.8, 4) is 0 Å². The highest BCUT2D eigenvalue weighted by Crippen LogP contribution is 2.19. The number of carbonyl (C=O) groups is 2. The third kappa shape index (κ3) is 3.32. The third-order valence-electron chi connectivity index (χ3n) is 2.86. The van der Waals surface area contributed by atoms with Gasteiger partial charge in [-0.05, 0) is 38.8 Å². The van der Waals surface area contributed by atoms with Gasteiger partial charge in [0.15, 0.2) is 6.10 Å². The van der Waals surface area contributed by atoms with Crippen LogP contribution in [0.5, 0.6) is 0 Å². The minimum absolute atomic E-state index is 0.224. The van der Waals surface area contributed by atoms with Crippen LogP contribution < -0.4 is 5.32 Å². The second-order valence-corrected chi connectivity index (χ2v) is 4.70. The SMILES string of the molecule is Cc1ccc(C(=O)O[C@@H](C)C(=O)NC2CC2)cc1. The fourth-order valence-electron chi connectivity index (χ4n) is 1.52. The van der Waals surface area contributed by atoms with Crippen molar-refractivity contribution in [2.24, 2.45) is 0 Å². The van der Waals surface area contributed by atoms with Crippen LogP contribution in [-0.2, 0) is 9.53 Å². The van der Waals surface area contributed by atoms with E-state index in [2.05, 4.69) is 5.32 Å². The zero-order valence-corrected chi connectivity index (χ0v) is 10.6. The molecular formula is C14H17NO3. The summed E-state index contributed by atoms with van der Waals surface area (Å²) in [5.74, 6) is -0.689. The summed E-state index contributed by atoms with van der Waals surface area (Å²) in [4.78, 5) is 23.4. The number of hydrogen-bond acceptors (Lipinski definition) is 3. The Morgan fingerprint density at radius 3 is 2.44 bits per heavy atom. The van der Waals surface area contributed by atoms with Gasteiger partial charge in [0, 0.05) is 6.04 Å². The van der Waals surface area contributed by atoms with Gasteiger partial charge in [-0.25, -0.2) is 4.79 Å². The Kier molecular flexibility index (Phi) is 3.65. The van der Waals surface area contributed by atoms with Crippen molar-refractivity contribution in [3.63, 3.8) is 0 Å². The lowest BCUT2D eigenvalue weighted by Crippen LogP contribution is -2.37. The predicted molar refractivity (Wildman–Crippen MR) is 67.2 cm³/mol. The standard InChI is InChI=1S/C14H17NO3/c1-9-3-5-11(6-4-9)14(17)18-10(2)13(16)15-12-7-8-12/h3-6,10,12H,7-8H2,1-2H3,(H,15,16)/t10-/m0/s1. The van der Waals surface area contributed by atoms with Crippen LogP contribution in [0.4, 0.5) is 0 Å². The van der Waals surface area contributed by atoms with Crippen LogP contribution in [0.3, 0.4) is 0 Å². The Hall–Kier alpha value is -1.84. The van der Waals surface area contributed by atoms with Gasteiger partial charge in [-0.3, -0.25) is 4.79 Å². The van der Waals surface area contributed by atoms with Crippen molar-refractivity contribution in [1.29, 1.82) is 0 Å². The van der Waals surface area contributed by atoms with Gasteiger partial charge in [-0.15, -0.1) is 0 Å². The van der Waals surface area contributed by atoms with Gasteiger partial charge >= 0.3 is 5.97 Å². The van der Waals surface area contributed by atoms with Gasteiger partial charge < -0.3 is 10.1 Å². The van der Waals surface area contributed by atoms with E-state index in [1.807, 2.05) is 19.1 Å². The van der Waals surface area contributed by atoms with Crippen molar-refractivity contribution in [1.82, 2.24) is 5.32 Å². The molecule has 4 nitrogen and oxygen atoms in total. The van der Waals surface area contributed by atoms with E-state index in [1.165, 1.54) is 0 Å². The maximum atomic E-state index is 11.8. The normalized spacial score (nSPS) is 15.9. The molecule has 1 saturated carbocycles. The molecule has 1 N–H and O–H groups in total. The van der Waals surface area contributed by atoms with Crippen LogP contribution in [0.1, 0.15) is 35.7 Å². The maximum Gasteiger partial charge on any atom is 0.338 e. The molecule has 0 bridgehead atoms. The van der Waals surface area contributed by atoms with Gasteiger partial charge in [-0.1, -0.05) is 17.7 Å². The first kappa shape index (κ1) is 12.6. The summed E-state index contributed by atoms with van der Waals surface area (Å²) in [6, 6.07) is 7.35. The Balaban J connectivity index is 1.89. The Labute approximate surface area is 106 Å². The molecule has 18 heavy (non-hydrogen) atoms. The molecule has 1 aliphatic rings. The van der Waals surface area contributed by atoms with Crippen molar-refractivity contribution >= 4 is 11.9 Å². The number of amides is 1. The molecule has 2 rings (SSSR count). The molecule has 0 saturated heterocycles. The van der Waals surface area contributed by atoms with E-state index in [0.29, 0.717) is 5.56 Å².